The third kappa shape index (κ3) is 3.68. The molecule has 0 saturated heterocycles. The third-order valence-corrected chi connectivity index (χ3v) is 6.25. The number of rotatable bonds is 4. The zero-order valence-electron chi connectivity index (χ0n) is 16.1. The van der Waals surface area contributed by atoms with Crippen molar-refractivity contribution in [2.24, 2.45) is 0 Å². The lowest BCUT2D eigenvalue weighted by molar-refractivity contribution is -0.138. The van der Waals surface area contributed by atoms with Gasteiger partial charge in [-0.3, -0.25) is 19.0 Å². The van der Waals surface area contributed by atoms with Crippen molar-refractivity contribution >= 4 is 34.5 Å². The Morgan fingerprint density at radius 3 is 2.47 bits per heavy atom. The average Bonchev–Trinajstić information content (AvgIpc) is 2.75. The molecule has 1 aliphatic rings. The maximum atomic E-state index is 13.3. The first-order valence-corrected chi connectivity index (χ1v) is 10.3. The molecular weight excluding hydrogens is 449 g/mol. The molecule has 1 amide bonds. The van der Waals surface area contributed by atoms with Crippen LogP contribution in [0.25, 0.3) is 10.9 Å². The van der Waals surface area contributed by atoms with Gasteiger partial charge in [0.2, 0.25) is 0 Å². The van der Waals surface area contributed by atoms with Crippen molar-refractivity contribution in [2.45, 2.75) is 17.1 Å². The molecule has 11 heteroatoms. The van der Waals surface area contributed by atoms with Gasteiger partial charge in [-0.25, -0.2) is 0 Å². The van der Waals surface area contributed by atoms with Crippen LogP contribution in [0, 0.1) is 0 Å². The van der Waals surface area contributed by atoms with E-state index in [9.17, 15) is 32.7 Å². The Morgan fingerprint density at radius 1 is 1.16 bits per heavy atom. The number of alkyl halides is 3. The molecule has 3 aromatic rings. The molecule has 0 spiro atoms. The fourth-order valence-corrected chi connectivity index (χ4v) is 4.86. The second-order valence-electron chi connectivity index (χ2n) is 7.07. The summed E-state index contributed by atoms with van der Waals surface area (Å²) >= 11 is 1.37. The van der Waals surface area contributed by atoms with Gasteiger partial charge in [-0.2, -0.15) is 13.2 Å². The first-order chi connectivity index (χ1) is 15.1. The second kappa shape index (κ2) is 7.90. The molecule has 1 unspecified atom stereocenters. The summed E-state index contributed by atoms with van der Waals surface area (Å²) in [5.41, 5.74) is -1.55. The van der Waals surface area contributed by atoms with Gasteiger partial charge in [0.1, 0.15) is 17.9 Å². The Bertz CT molecular complexity index is 1300. The summed E-state index contributed by atoms with van der Waals surface area (Å²) in [6.07, 6.45) is -4.51. The highest BCUT2D eigenvalue weighted by Crippen LogP contribution is 2.41. The molecule has 166 valence electrons. The van der Waals surface area contributed by atoms with Gasteiger partial charge in [-0.05, 0) is 29.8 Å². The van der Waals surface area contributed by atoms with Crippen LogP contribution in [0.3, 0.4) is 0 Å². The van der Waals surface area contributed by atoms with Crippen LogP contribution < -0.4 is 10.9 Å². The van der Waals surface area contributed by atoms with Crippen LogP contribution in [-0.2, 0) is 11.0 Å². The number of carboxylic acids is 1. The van der Waals surface area contributed by atoms with E-state index in [1.54, 1.807) is 12.1 Å². The number of pyridine rings is 1. The number of carboxylic acid groups (broad SMARTS) is 1. The van der Waals surface area contributed by atoms with Gasteiger partial charge in [-0.15, -0.1) is 11.8 Å². The van der Waals surface area contributed by atoms with Gasteiger partial charge < -0.3 is 15.5 Å². The summed E-state index contributed by atoms with van der Waals surface area (Å²) < 4.78 is 40.1. The highest BCUT2D eigenvalue weighted by atomic mass is 32.2. The van der Waals surface area contributed by atoms with E-state index in [-0.39, 0.29) is 5.39 Å². The minimum absolute atomic E-state index is 0.201. The SMILES string of the molecule is O=C(O)CNC(=O)c1c(O)c2cccc3c2n(c1=O)C(c1ccc(C(F)(F)F)cc1)CS3. The number of para-hydroxylation sites is 1. The first-order valence-electron chi connectivity index (χ1n) is 9.29. The Labute approximate surface area is 182 Å². The number of aliphatic carboxylic acids is 1. The van der Waals surface area contributed by atoms with Crippen molar-refractivity contribution in [2.75, 3.05) is 12.3 Å². The second-order valence-corrected chi connectivity index (χ2v) is 8.14. The summed E-state index contributed by atoms with van der Waals surface area (Å²) in [6, 6.07) is 8.56. The number of amides is 1. The summed E-state index contributed by atoms with van der Waals surface area (Å²) in [7, 11) is 0. The number of thioether (sulfide) groups is 1. The van der Waals surface area contributed by atoms with Gasteiger partial charge in [-0.1, -0.05) is 18.2 Å². The predicted octanol–water partition coefficient (Wildman–Crippen LogP) is 3.24. The van der Waals surface area contributed by atoms with E-state index in [0.29, 0.717) is 21.7 Å². The Balaban J connectivity index is 1.91. The van der Waals surface area contributed by atoms with Crippen LogP contribution >= 0.6 is 11.8 Å². The molecule has 2 heterocycles. The number of carbonyl (C=O) groups is 2. The molecule has 1 aromatic heterocycles. The van der Waals surface area contributed by atoms with Crippen LogP contribution in [0.4, 0.5) is 13.2 Å². The molecule has 0 fully saturated rings. The molecule has 3 N–H and O–H groups in total. The van der Waals surface area contributed by atoms with Gasteiger partial charge >= 0.3 is 12.1 Å². The van der Waals surface area contributed by atoms with Gasteiger partial charge in [0.25, 0.3) is 11.5 Å². The summed E-state index contributed by atoms with van der Waals surface area (Å²) in [6.45, 7) is -0.756. The standard InChI is InChI=1S/C21H15F3N2O5S/c22-21(23,24)11-6-4-10(5-7-11)13-9-32-14-3-1-2-12-17(14)26(13)20(31)16(18(12)29)19(30)25-8-15(27)28/h1-7,13,29H,8-9H2,(H,25,30)(H,27,28). The number of nitrogens with zero attached hydrogens (tertiary/aromatic N) is 1. The number of aromatic nitrogens is 1. The van der Waals surface area contributed by atoms with Gasteiger partial charge in [0.05, 0.1) is 17.1 Å². The van der Waals surface area contributed by atoms with Crippen LogP contribution in [0.5, 0.6) is 5.75 Å². The van der Waals surface area contributed by atoms with E-state index in [4.69, 9.17) is 5.11 Å². The predicted molar refractivity (Wildman–Crippen MR) is 110 cm³/mol. The van der Waals surface area contributed by atoms with Crippen LogP contribution in [0.1, 0.15) is 27.5 Å². The van der Waals surface area contributed by atoms with E-state index in [1.807, 2.05) is 0 Å². The summed E-state index contributed by atoms with van der Waals surface area (Å²) in [5.74, 6) is -2.67. The zero-order valence-corrected chi connectivity index (χ0v) is 17.0. The van der Waals surface area contributed by atoms with Crippen LogP contribution in [0.2, 0.25) is 0 Å². The average molecular weight is 464 g/mol. The van der Waals surface area contributed by atoms with E-state index >= 15 is 0 Å². The van der Waals surface area contributed by atoms with E-state index in [0.717, 1.165) is 12.1 Å². The molecular formula is C21H15F3N2O5S. The van der Waals surface area contributed by atoms with Gasteiger partial charge in [0, 0.05) is 16.0 Å². The topological polar surface area (TPSA) is 109 Å². The molecule has 0 aliphatic carbocycles. The molecule has 0 saturated carbocycles. The smallest absolute Gasteiger partial charge is 0.416 e. The van der Waals surface area contributed by atoms with Crippen LogP contribution in [0.15, 0.2) is 52.2 Å². The molecule has 0 radical (unpaired) electrons. The first kappa shape index (κ1) is 21.8. The van der Waals surface area contributed by atoms with E-state index in [2.05, 4.69) is 5.32 Å². The van der Waals surface area contributed by atoms with Crippen molar-refractivity contribution < 1.29 is 33.0 Å². The van der Waals surface area contributed by atoms with E-state index < -0.39 is 53.1 Å². The van der Waals surface area contributed by atoms with E-state index in [1.165, 1.54) is 34.5 Å². The lowest BCUT2D eigenvalue weighted by Gasteiger charge is -2.29. The number of benzene rings is 2. The summed E-state index contributed by atoms with van der Waals surface area (Å²) in [4.78, 5) is 37.3. The number of carbonyl (C=O) groups excluding carboxylic acids is 1. The Hall–Kier alpha value is -3.47. The quantitative estimate of drug-likeness (QED) is 0.547. The molecule has 1 aliphatic heterocycles. The lowest BCUT2D eigenvalue weighted by atomic mass is 10.0. The normalized spacial score (nSPS) is 15.5. The van der Waals surface area contributed by atoms with Crippen molar-refractivity contribution in [1.82, 2.24) is 9.88 Å². The number of hydrogen-bond acceptors (Lipinski definition) is 5. The zero-order chi connectivity index (χ0) is 23.2. The molecule has 0 bridgehead atoms. The molecule has 2 aromatic carbocycles. The number of aromatic hydroxyl groups is 1. The fraction of sp³-hybridized carbons (Fsp3) is 0.190. The van der Waals surface area contributed by atoms with Gasteiger partial charge in [0.15, 0.2) is 0 Å². The fourth-order valence-electron chi connectivity index (χ4n) is 3.67. The summed E-state index contributed by atoms with van der Waals surface area (Å²) in [5, 5.41) is 21.7. The molecule has 32 heavy (non-hydrogen) atoms. The van der Waals surface area contributed by atoms with Crippen molar-refractivity contribution in [1.29, 1.82) is 0 Å². The monoisotopic (exact) mass is 464 g/mol. The maximum Gasteiger partial charge on any atom is 0.416 e. The van der Waals surface area contributed by atoms with Crippen molar-refractivity contribution in [3.8, 4) is 5.75 Å². The Morgan fingerprint density at radius 2 is 1.84 bits per heavy atom. The molecule has 1 atom stereocenters. The van der Waals surface area contributed by atoms with Crippen LogP contribution in [-0.4, -0.2) is 39.0 Å². The number of halogens is 3. The highest BCUT2D eigenvalue weighted by Gasteiger charge is 2.33. The lowest BCUT2D eigenvalue weighted by Crippen LogP contribution is -2.38. The number of hydrogen-bond donors (Lipinski definition) is 3. The highest BCUT2D eigenvalue weighted by molar-refractivity contribution is 7.99. The minimum atomic E-state index is -4.51. The maximum absolute atomic E-state index is 13.3. The van der Waals surface area contributed by atoms with Crippen molar-refractivity contribution in [3.63, 3.8) is 0 Å². The third-order valence-electron chi connectivity index (χ3n) is 5.12. The van der Waals surface area contributed by atoms with Crippen molar-refractivity contribution in [3.05, 3.63) is 69.5 Å². The number of nitrogens with one attached hydrogen (secondary N) is 1. The Kier molecular flexibility index (Phi) is 5.37. The minimum Gasteiger partial charge on any atom is -0.506 e. The molecule has 4 rings (SSSR count). The largest absolute Gasteiger partial charge is 0.506 e. The molecule has 7 nitrogen and oxygen atoms in total.